The number of non-ortho nitro benzene ring substituents is 1. The summed E-state index contributed by atoms with van der Waals surface area (Å²) in [5, 5.41) is 25.9. The summed E-state index contributed by atoms with van der Waals surface area (Å²) < 4.78 is 4.98. The molecule has 2 rings (SSSR count). The van der Waals surface area contributed by atoms with Gasteiger partial charge >= 0.3 is 11.7 Å². The molecule has 1 aromatic carbocycles. The first kappa shape index (κ1) is 17.3. The van der Waals surface area contributed by atoms with Gasteiger partial charge < -0.3 is 4.74 Å². The van der Waals surface area contributed by atoms with Gasteiger partial charge in [0.15, 0.2) is 0 Å². The molecule has 1 aliphatic carbocycles. The Kier molecular flexibility index (Phi) is 5.40. The van der Waals surface area contributed by atoms with Crippen molar-refractivity contribution in [3.05, 3.63) is 38.4 Å². The van der Waals surface area contributed by atoms with E-state index in [9.17, 15) is 25.0 Å². The lowest BCUT2D eigenvalue weighted by Crippen LogP contribution is -2.22. The highest BCUT2D eigenvalue weighted by Gasteiger charge is 2.31. The third kappa shape index (κ3) is 3.83. The number of anilines is 1. The van der Waals surface area contributed by atoms with Crippen LogP contribution in [0.15, 0.2) is 23.3 Å². The lowest BCUT2D eigenvalue weighted by Gasteiger charge is -2.10. The summed E-state index contributed by atoms with van der Waals surface area (Å²) in [5.41, 5.74) is 2.28. The largest absolute Gasteiger partial charge is 0.465 e. The minimum absolute atomic E-state index is 0.0209. The average Bonchev–Trinajstić information content (AvgIpc) is 3.01. The molecule has 10 nitrogen and oxygen atoms in total. The molecule has 10 heteroatoms. The maximum Gasteiger partial charge on any atom is 0.314 e. The first-order valence-electron chi connectivity index (χ1n) is 7.36. The van der Waals surface area contributed by atoms with E-state index in [0.29, 0.717) is 18.6 Å². The molecule has 0 heterocycles. The van der Waals surface area contributed by atoms with Crippen LogP contribution in [0, 0.1) is 26.1 Å². The Balaban J connectivity index is 2.22. The summed E-state index contributed by atoms with van der Waals surface area (Å²) in [6, 6.07) is 3.22. The van der Waals surface area contributed by atoms with E-state index < -0.39 is 21.5 Å². The van der Waals surface area contributed by atoms with Gasteiger partial charge in [-0.2, -0.15) is 5.10 Å². The molecule has 24 heavy (non-hydrogen) atoms. The summed E-state index contributed by atoms with van der Waals surface area (Å²) in [7, 11) is 0. The molecule has 128 valence electrons. The minimum atomic E-state index is -0.729. The molecular weight excluding hydrogens is 320 g/mol. The number of nitro benzene ring substituents is 2. The molecule has 0 unspecified atom stereocenters. The van der Waals surface area contributed by atoms with Crippen molar-refractivity contribution in [3.8, 4) is 0 Å². The van der Waals surface area contributed by atoms with E-state index >= 15 is 0 Å². The fourth-order valence-corrected chi connectivity index (χ4v) is 2.47. The van der Waals surface area contributed by atoms with Crippen LogP contribution in [0.1, 0.15) is 26.2 Å². The Morgan fingerprint density at radius 1 is 1.38 bits per heavy atom. The molecule has 1 aromatic rings. The summed E-state index contributed by atoms with van der Waals surface area (Å²) in [4.78, 5) is 32.2. The number of hydrazone groups is 1. The van der Waals surface area contributed by atoms with Crippen LogP contribution in [0.5, 0.6) is 0 Å². The number of nitrogens with zero attached hydrogens (tertiary/aromatic N) is 3. The third-order valence-corrected chi connectivity index (χ3v) is 3.61. The zero-order valence-electron chi connectivity index (χ0n) is 12.9. The number of rotatable bonds is 6. The molecule has 1 atom stereocenters. The highest BCUT2D eigenvalue weighted by molar-refractivity contribution is 6.03. The molecule has 0 bridgehead atoms. The average molecular weight is 336 g/mol. The van der Waals surface area contributed by atoms with E-state index in [2.05, 4.69) is 10.5 Å². The second-order valence-corrected chi connectivity index (χ2v) is 5.13. The van der Waals surface area contributed by atoms with Crippen molar-refractivity contribution in [2.75, 3.05) is 12.0 Å². The maximum atomic E-state index is 11.8. The van der Waals surface area contributed by atoms with Crippen molar-refractivity contribution >= 4 is 28.7 Å². The number of esters is 1. The first-order valence-corrected chi connectivity index (χ1v) is 7.36. The monoisotopic (exact) mass is 336 g/mol. The molecule has 0 saturated heterocycles. The number of hydrogen-bond donors (Lipinski definition) is 1. The number of ether oxygens (including phenoxy) is 1. The maximum absolute atomic E-state index is 11.8. The van der Waals surface area contributed by atoms with Gasteiger partial charge in [0.2, 0.25) is 0 Å². The van der Waals surface area contributed by atoms with Gasteiger partial charge in [0.1, 0.15) is 5.69 Å². The Labute approximate surface area is 136 Å². The van der Waals surface area contributed by atoms with Crippen molar-refractivity contribution in [2.45, 2.75) is 26.2 Å². The van der Waals surface area contributed by atoms with Gasteiger partial charge in [-0.25, -0.2) is 0 Å². The van der Waals surface area contributed by atoms with Gasteiger partial charge in [-0.15, -0.1) is 0 Å². The Bertz CT molecular complexity index is 703. The predicted molar refractivity (Wildman–Crippen MR) is 84.8 cm³/mol. The van der Waals surface area contributed by atoms with E-state index in [1.165, 1.54) is 6.07 Å². The molecule has 0 aliphatic heterocycles. The van der Waals surface area contributed by atoms with E-state index in [-0.39, 0.29) is 24.0 Å². The lowest BCUT2D eigenvalue weighted by atomic mass is 10.1. The highest BCUT2D eigenvalue weighted by Crippen LogP contribution is 2.30. The molecule has 1 N–H and O–H groups in total. The summed E-state index contributed by atoms with van der Waals surface area (Å²) in [5.74, 6) is -0.830. The van der Waals surface area contributed by atoms with E-state index in [0.717, 1.165) is 18.6 Å². The first-order chi connectivity index (χ1) is 11.4. The molecule has 0 radical (unpaired) electrons. The Morgan fingerprint density at radius 3 is 2.75 bits per heavy atom. The number of hydrogen-bond acceptors (Lipinski definition) is 8. The van der Waals surface area contributed by atoms with Crippen LogP contribution in [0.3, 0.4) is 0 Å². The molecule has 0 aromatic heterocycles. The number of nitrogens with one attached hydrogen (secondary N) is 1. The van der Waals surface area contributed by atoms with Crippen molar-refractivity contribution in [1.29, 1.82) is 0 Å². The van der Waals surface area contributed by atoms with Gasteiger partial charge in [0, 0.05) is 6.07 Å². The fourth-order valence-electron chi connectivity index (χ4n) is 2.47. The van der Waals surface area contributed by atoms with Crippen molar-refractivity contribution in [3.63, 3.8) is 0 Å². The fraction of sp³-hybridized carbons (Fsp3) is 0.429. The number of carbonyl (C=O) groups is 1. The number of nitro groups is 2. The standard InChI is InChI=1S/C14H16N4O6/c1-2-24-14(19)10-4-3-5-11(10)15-16-12-7-6-9(17(20)21)8-13(12)18(22)23/h6-8,10,16H,2-5H2,1H3/b15-11+/t10-/m0/s1. The zero-order valence-corrected chi connectivity index (χ0v) is 12.9. The van der Waals surface area contributed by atoms with E-state index in [1.807, 2.05) is 0 Å². The number of benzene rings is 1. The summed E-state index contributed by atoms with van der Waals surface area (Å²) in [6.07, 6.45) is 1.96. The van der Waals surface area contributed by atoms with Crippen LogP contribution in [0.4, 0.5) is 17.1 Å². The zero-order chi connectivity index (χ0) is 17.7. The van der Waals surface area contributed by atoms with Gasteiger partial charge in [-0.05, 0) is 32.3 Å². The molecule has 0 spiro atoms. The van der Waals surface area contributed by atoms with Crippen molar-refractivity contribution in [2.24, 2.45) is 11.0 Å². The summed E-state index contributed by atoms with van der Waals surface area (Å²) in [6.45, 7) is 1.98. The molecule has 1 saturated carbocycles. The second kappa shape index (κ2) is 7.49. The Hall–Kier alpha value is -3.04. The van der Waals surface area contributed by atoms with Crippen LogP contribution in [-0.2, 0) is 9.53 Å². The van der Waals surface area contributed by atoms with Gasteiger partial charge in [0.25, 0.3) is 5.69 Å². The molecule has 1 fully saturated rings. The van der Waals surface area contributed by atoms with Crippen LogP contribution >= 0.6 is 0 Å². The van der Waals surface area contributed by atoms with Crippen LogP contribution < -0.4 is 5.43 Å². The van der Waals surface area contributed by atoms with Crippen molar-refractivity contribution in [1.82, 2.24) is 0 Å². The molecule has 1 aliphatic rings. The topological polar surface area (TPSA) is 137 Å². The normalized spacial score (nSPS) is 18.4. The minimum Gasteiger partial charge on any atom is -0.465 e. The smallest absolute Gasteiger partial charge is 0.314 e. The van der Waals surface area contributed by atoms with Crippen molar-refractivity contribution < 1.29 is 19.4 Å². The highest BCUT2D eigenvalue weighted by atomic mass is 16.6. The summed E-state index contributed by atoms with van der Waals surface area (Å²) >= 11 is 0. The second-order valence-electron chi connectivity index (χ2n) is 5.13. The van der Waals surface area contributed by atoms with Crippen LogP contribution in [-0.4, -0.2) is 28.1 Å². The Morgan fingerprint density at radius 2 is 2.12 bits per heavy atom. The molecular formula is C14H16N4O6. The van der Waals surface area contributed by atoms with E-state index in [1.54, 1.807) is 6.92 Å². The van der Waals surface area contributed by atoms with Gasteiger partial charge in [-0.1, -0.05) is 0 Å². The quantitative estimate of drug-likeness (QED) is 0.479. The van der Waals surface area contributed by atoms with Gasteiger partial charge in [0.05, 0.1) is 34.1 Å². The van der Waals surface area contributed by atoms with Crippen LogP contribution in [0.2, 0.25) is 0 Å². The number of carbonyl (C=O) groups excluding carboxylic acids is 1. The predicted octanol–water partition coefficient (Wildman–Crippen LogP) is 2.63. The van der Waals surface area contributed by atoms with E-state index in [4.69, 9.17) is 4.74 Å². The van der Waals surface area contributed by atoms with Gasteiger partial charge in [-0.3, -0.25) is 30.4 Å². The molecule has 0 amide bonds. The van der Waals surface area contributed by atoms with Crippen LogP contribution in [0.25, 0.3) is 0 Å². The third-order valence-electron chi connectivity index (χ3n) is 3.61. The lowest BCUT2D eigenvalue weighted by molar-refractivity contribution is -0.393. The SMILES string of the molecule is CCOC(=O)[C@H]1CCC/C1=N\Nc1ccc([N+](=O)[O-])cc1[N+](=O)[O-].